The highest BCUT2D eigenvalue weighted by molar-refractivity contribution is 5.94. The lowest BCUT2D eigenvalue weighted by Crippen LogP contribution is -2.41. The standard InChI is InChI=1S/C14H18F2N2O2/c15-10-1-2-12(13(16)9-10)14(19)18-6-3-11(4-7-18)20-8-5-17/h1-2,9,11H,3-8,17H2. The molecule has 0 aromatic heterocycles. The Morgan fingerprint density at radius 3 is 2.65 bits per heavy atom. The number of piperidine rings is 1. The van der Waals surface area contributed by atoms with Gasteiger partial charge >= 0.3 is 0 Å². The molecule has 1 fully saturated rings. The molecule has 0 unspecified atom stereocenters. The van der Waals surface area contributed by atoms with Crippen LogP contribution in [0.5, 0.6) is 0 Å². The Kier molecular flexibility index (Phi) is 5.03. The molecule has 2 N–H and O–H groups in total. The van der Waals surface area contributed by atoms with Crippen LogP contribution in [0.4, 0.5) is 8.78 Å². The highest BCUT2D eigenvalue weighted by Gasteiger charge is 2.25. The van der Waals surface area contributed by atoms with Crippen molar-refractivity contribution in [2.75, 3.05) is 26.2 Å². The molecule has 1 amide bonds. The first-order valence-electron chi connectivity index (χ1n) is 6.68. The molecule has 1 aliphatic heterocycles. The summed E-state index contributed by atoms with van der Waals surface area (Å²) >= 11 is 0. The van der Waals surface area contributed by atoms with Gasteiger partial charge in [0, 0.05) is 25.7 Å². The van der Waals surface area contributed by atoms with Crippen LogP contribution in [0.1, 0.15) is 23.2 Å². The number of carbonyl (C=O) groups excluding carboxylic acids is 1. The minimum absolute atomic E-state index is 0.0901. The number of carbonyl (C=O) groups is 1. The maximum Gasteiger partial charge on any atom is 0.256 e. The van der Waals surface area contributed by atoms with Crippen LogP contribution in [0.3, 0.4) is 0 Å². The average Bonchev–Trinajstić information content (AvgIpc) is 2.45. The zero-order valence-corrected chi connectivity index (χ0v) is 11.1. The van der Waals surface area contributed by atoms with Gasteiger partial charge in [-0.05, 0) is 25.0 Å². The molecule has 1 aromatic rings. The molecular weight excluding hydrogens is 266 g/mol. The summed E-state index contributed by atoms with van der Waals surface area (Å²) in [6.45, 7) is 1.99. The van der Waals surface area contributed by atoms with Gasteiger partial charge in [0.2, 0.25) is 0 Å². The third-order valence-electron chi connectivity index (χ3n) is 3.36. The van der Waals surface area contributed by atoms with Crippen molar-refractivity contribution >= 4 is 5.91 Å². The maximum atomic E-state index is 13.6. The molecule has 0 saturated carbocycles. The summed E-state index contributed by atoms with van der Waals surface area (Å²) in [6, 6.07) is 3.00. The lowest BCUT2D eigenvalue weighted by Gasteiger charge is -2.32. The second-order valence-electron chi connectivity index (χ2n) is 4.78. The SMILES string of the molecule is NCCOC1CCN(C(=O)c2ccc(F)cc2F)CC1. The molecule has 0 radical (unpaired) electrons. The molecule has 1 saturated heterocycles. The highest BCUT2D eigenvalue weighted by atomic mass is 19.1. The van der Waals surface area contributed by atoms with Gasteiger partial charge in [0.1, 0.15) is 11.6 Å². The number of nitrogens with two attached hydrogens (primary N) is 1. The minimum Gasteiger partial charge on any atom is -0.377 e. The van der Waals surface area contributed by atoms with E-state index in [9.17, 15) is 13.6 Å². The van der Waals surface area contributed by atoms with Crippen LogP contribution in [0, 0.1) is 11.6 Å². The molecule has 1 aliphatic rings. The first-order valence-corrected chi connectivity index (χ1v) is 6.68. The van der Waals surface area contributed by atoms with Gasteiger partial charge in [-0.15, -0.1) is 0 Å². The second kappa shape index (κ2) is 6.76. The third kappa shape index (κ3) is 3.52. The Morgan fingerprint density at radius 2 is 2.05 bits per heavy atom. The van der Waals surface area contributed by atoms with Crippen LogP contribution in [0.15, 0.2) is 18.2 Å². The van der Waals surface area contributed by atoms with Gasteiger partial charge in [0.25, 0.3) is 5.91 Å². The van der Waals surface area contributed by atoms with E-state index in [1.807, 2.05) is 0 Å². The summed E-state index contributed by atoms with van der Waals surface area (Å²) < 4.78 is 31.9. The van der Waals surface area contributed by atoms with Crippen molar-refractivity contribution in [1.82, 2.24) is 4.90 Å². The molecule has 6 heteroatoms. The van der Waals surface area contributed by atoms with E-state index in [0.717, 1.165) is 12.1 Å². The van der Waals surface area contributed by atoms with Gasteiger partial charge in [0.15, 0.2) is 0 Å². The Morgan fingerprint density at radius 1 is 1.35 bits per heavy atom. The van der Waals surface area contributed by atoms with E-state index in [1.54, 1.807) is 4.90 Å². The van der Waals surface area contributed by atoms with Gasteiger partial charge in [-0.25, -0.2) is 8.78 Å². The van der Waals surface area contributed by atoms with E-state index < -0.39 is 17.5 Å². The van der Waals surface area contributed by atoms with Crippen LogP contribution >= 0.6 is 0 Å². The normalized spacial score (nSPS) is 16.4. The Hall–Kier alpha value is -1.53. The number of hydrogen-bond acceptors (Lipinski definition) is 3. The number of rotatable bonds is 4. The molecule has 1 aromatic carbocycles. The second-order valence-corrected chi connectivity index (χ2v) is 4.78. The highest BCUT2D eigenvalue weighted by Crippen LogP contribution is 2.18. The first-order chi connectivity index (χ1) is 9.61. The molecule has 4 nitrogen and oxygen atoms in total. The van der Waals surface area contributed by atoms with E-state index in [-0.39, 0.29) is 11.7 Å². The van der Waals surface area contributed by atoms with Crippen LogP contribution in [-0.4, -0.2) is 43.2 Å². The first kappa shape index (κ1) is 14.9. The fraction of sp³-hybridized carbons (Fsp3) is 0.500. The van der Waals surface area contributed by atoms with E-state index >= 15 is 0 Å². The number of hydrogen-bond donors (Lipinski definition) is 1. The summed E-state index contributed by atoms with van der Waals surface area (Å²) in [4.78, 5) is 13.7. The maximum absolute atomic E-state index is 13.6. The zero-order chi connectivity index (χ0) is 14.5. The molecule has 110 valence electrons. The van der Waals surface area contributed by atoms with E-state index in [4.69, 9.17) is 10.5 Å². The van der Waals surface area contributed by atoms with Crippen molar-refractivity contribution < 1.29 is 18.3 Å². The molecule has 0 bridgehead atoms. The molecule has 0 atom stereocenters. The lowest BCUT2D eigenvalue weighted by molar-refractivity contribution is 0.0120. The number of nitrogens with zero attached hydrogens (tertiary/aromatic N) is 1. The van der Waals surface area contributed by atoms with Gasteiger partial charge in [0.05, 0.1) is 18.3 Å². The van der Waals surface area contributed by atoms with E-state index in [1.165, 1.54) is 6.07 Å². The van der Waals surface area contributed by atoms with Crippen molar-refractivity contribution in [2.45, 2.75) is 18.9 Å². The average molecular weight is 284 g/mol. The van der Waals surface area contributed by atoms with E-state index in [2.05, 4.69) is 0 Å². The quantitative estimate of drug-likeness (QED) is 0.912. The predicted octanol–water partition coefficient (Wildman–Crippen LogP) is 1.54. The monoisotopic (exact) mass is 284 g/mol. The molecule has 2 rings (SSSR count). The molecule has 0 aliphatic carbocycles. The Balaban J connectivity index is 1.94. The van der Waals surface area contributed by atoms with Crippen LogP contribution in [-0.2, 0) is 4.74 Å². The van der Waals surface area contributed by atoms with Crippen molar-refractivity contribution in [2.24, 2.45) is 5.73 Å². The molecular formula is C14H18F2N2O2. The summed E-state index contributed by atoms with van der Waals surface area (Å²) in [7, 11) is 0. The fourth-order valence-electron chi connectivity index (χ4n) is 2.29. The van der Waals surface area contributed by atoms with Gasteiger partial charge in [-0.3, -0.25) is 4.79 Å². The number of amides is 1. The molecule has 20 heavy (non-hydrogen) atoms. The summed E-state index contributed by atoms with van der Waals surface area (Å²) in [6.07, 6.45) is 1.50. The predicted molar refractivity (Wildman–Crippen MR) is 70.3 cm³/mol. The van der Waals surface area contributed by atoms with Crippen molar-refractivity contribution in [3.63, 3.8) is 0 Å². The summed E-state index contributed by atoms with van der Waals surface area (Å²) in [5.74, 6) is -1.91. The van der Waals surface area contributed by atoms with Crippen molar-refractivity contribution in [3.8, 4) is 0 Å². The van der Waals surface area contributed by atoms with Gasteiger partial charge < -0.3 is 15.4 Å². The summed E-state index contributed by atoms with van der Waals surface area (Å²) in [5, 5.41) is 0. The van der Waals surface area contributed by atoms with Gasteiger partial charge in [-0.1, -0.05) is 0 Å². The number of likely N-dealkylation sites (tertiary alicyclic amines) is 1. The van der Waals surface area contributed by atoms with Crippen LogP contribution < -0.4 is 5.73 Å². The van der Waals surface area contributed by atoms with Crippen molar-refractivity contribution in [3.05, 3.63) is 35.4 Å². The number of halogens is 2. The minimum atomic E-state index is -0.823. The largest absolute Gasteiger partial charge is 0.377 e. The number of benzene rings is 1. The summed E-state index contributed by atoms with van der Waals surface area (Å²) in [5.41, 5.74) is 5.27. The van der Waals surface area contributed by atoms with Crippen molar-refractivity contribution in [1.29, 1.82) is 0 Å². The lowest BCUT2D eigenvalue weighted by atomic mass is 10.1. The molecule has 0 spiro atoms. The zero-order valence-electron chi connectivity index (χ0n) is 11.1. The topological polar surface area (TPSA) is 55.6 Å². The number of ether oxygens (including phenoxy) is 1. The van der Waals surface area contributed by atoms with Crippen LogP contribution in [0.25, 0.3) is 0 Å². The molecule has 1 heterocycles. The Bertz CT molecular complexity index is 474. The Labute approximate surface area is 116 Å². The van der Waals surface area contributed by atoms with Gasteiger partial charge in [-0.2, -0.15) is 0 Å². The third-order valence-corrected chi connectivity index (χ3v) is 3.36. The van der Waals surface area contributed by atoms with Crippen LogP contribution in [0.2, 0.25) is 0 Å². The smallest absolute Gasteiger partial charge is 0.256 e. The fourth-order valence-corrected chi connectivity index (χ4v) is 2.29. The van der Waals surface area contributed by atoms with E-state index in [0.29, 0.717) is 39.1 Å².